The van der Waals surface area contributed by atoms with Crippen LogP contribution in [-0.2, 0) is 44.3 Å². The van der Waals surface area contributed by atoms with E-state index in [4.69, 9.17) is 9.15 Å². The molecule has 0 atom stereocenters. The molecule has 1 N–H and O–H groups in total. The topological polar surface area (TPSA) is 102 Å². The Balaban J connectivity index is 1.28. The van der Waals surface area contributed by atoms with Crippen molar-refractivity contribution in [1.29, 1.82) is 0 Å². The summed E-state index contributed by atoms with van der Waals surface area (Å²) in [5, 5.41) is 2.50. The first-order valence-electron chi connectivity index (χ1n) is 12.5. The lowest BCUT2D eigenvalue weighted by molar-refractivity contribution is -0.137. The standard InChI is InChI=1S/C27H30F3N3O5S/c1-19-24(32-26(38-19)22-6-2-21(3-7-22)16-33-12-14-37-15-13-33)17-39(35,36)18-25(34)31-11-10-20-4-8-23(9-5-20)27(28,29)30/h2-9H,10-18H2,1H3,(H,31,34). The summed E-state index contributed by atoms with van der Waals surface area (Å²) in [5.74, 6) is -1.23. The molecule has 210 valence electrons. The van der Waals surface area contributed by atoms with Gasteiger partial charge in [-0.3, -0.25) is 9.69 Å². The fraction of sp³-hybridized carbons (Fsp3) is 0.407. The first kappa shape index (κ1) is 28.8. The fourth-order valence-corrected chi connectivity index (χ4v) is 5.46. The highest BCUT2D eigenvalue weighted by Gasteiger charge is 2.30. The molecular formula is C27H30F3N3O5S. The van der Waals surface area contributed by atoms with E-state index in [1.807, 2.05) is 24.3 Å². The van der Waals surface area contributed by atoms with Gasteiger partial charge >= 0.3 is 6.18 Å². The van der Waals surface area contributed by atoms with Gasteiger partial charge in [-0.05, 0) is 48.7 Å². The fourth-order valence-electron chi connectivity index (χ4n) is 4.17. The van der Waals surface area contributed by atoms with Crippen LogP contribution in [0.15, 0.2) is 52.9 Å². The number of morpholine rings is 1. The Morgan fingerprint density at radius 1 is 1.03 bits per heavy atom. The second kappa shape index (κ2) is 12.3. The van der Waals surface area contributed by atoms with Gasteiger partial charge in [0.25, 0.3) is 0 Å². The van der Waals surface area contributed by atoms with E-state index in [2.05, 4.69) is 15.2 Å². The van der Waals surface area contributed by atoms with E-state index in [0.717, 1.165) is 50.5 Å². The Hall–Kier alpha value is -3.22. The molecule has 12 heteroatoms. The summed E-state index contributed by atoms with van der Waals surface area (Å²) in [5.41, 5.74) is 1.92. The number of sulfone groups is 1. The van der Waals surface area contributed by atoms with Crippen LogP contribution in [0, 0.1) is 6.92 Å². The molecule has 8 nitrogen and oxygen atoms in total. The van der Waals surface area contributed by atoms with Gasteiger partial charge in [-0.1, -0.05) is 24.3 Å². The number of nitrogens with zero attached hydrogens (tertiary/aromatic N) is 2. The number of halogens is 3. The highest BCUT2D eigenvalue weighted by atomic mass is 32.2. The zero-order chi connectivity index (χ0) is 28.0. The first-order chi connectivity index (χ1) is 18.5. The van der Waals surface area contributed by atoms with Crippen molar-refractivity contribution in [2.24, 2.45) is 0 Å². The number of amides is 1. The maximum absolute atomic E-state index is 12.7. The zero-order valence-electron chi connectivity index (χ0n) is 21.5. The Kier molecular flexibility index (Phi) is 9.08. The van der Waals surface area contributed by atoms with E-state index >= 15 is 0 Å². The van der Waals surface area contributed by atoms with Crippen molar-refractivity contribution < 1.29 is 35.5 Å². The van der Waals surface area contributed by atoms with Crippen LogP contribution in [0.2, 0.25) is 0 Å². The summed E-state index contributed by atoms with van der Waals surface area (Å²) < 4.78 is 74.4. The molecule has 1 fully saturated rings. The van der Waals surface area contributed by atoms with Crippen LogP contribution in [0.25, 0.3) is 11.5 Å². The predicted octanol–water partition coefficient (Wildman–Crippen LogP) is 3.77. The molecule has 1 aliphatic heterocycles. The van der Waals surface area contributed by atoms with E-state index in [-0.39, 0.29) is 18.7 Å². The minimum atomic E-state index is -4.42. The monoisotopic (exact) mass is 565 g/mol. The summed E-state index contributed by atoms with van der Waals surface area (Å²) in [6, 6.07) is 12.3. The average Bonchev–Trinajstić information content (AvgIpc) is 3.23. The van der Waals surface area contributed by atoms with Gasteiger partial charge in [0.1, 0.15) is 11.5 Å². The maximum Gasteiger partial charge on any atom is 0.416 e. The minimum absolute atomic E-state index is 0.0917. The average molecular weight is 566 g/mol. The van der Waals surface area contributed by atoms with Gasteiger partial charge in [-0.25, -0.2) is 13.4 Å². The predicted molar refractivity (Wildman–Crippen MR) is 138 cm³/mol. The minimum Gasteiger partial charge on any atom is -0.441 e. The van der Waals surface area contributed by atoms with Gasteiger partial charge in [0, 0.05) is 31.7 Å². The molecule has 3 aromatic rings. The van der Waals surface area contributed by atoms with Crippen LogP contribution < -0.4 is 5.32 Å². The molecule has 0 bridgehead atoms. The lowest BCUT2D eigenvalue weighted by atomic mass is 10.1. The molecule has 0 spiro atoms. The van der Waals surface area contributed by atoms with Crippen LogP contribution in [0.3, 0.4) is 0 Å². The van der Waals surface area contributed by atoms with Gasteiger partial charge in [-0.15, -0.1) is 0 Å². The quantitative estimate of drug-likeness (QED) is 0.399. The molecule has 0 radical (unpaired) electrons. The molecule has 1 amide bonds. The number of aromatic nitrogens is 1. The molecule has 4 rings (SSSR count). The smallest absolute Gasteiger partial charge is 0.416 e. The Morgan fingerprint density at radius 2 is 1.67 bits per heavy atom. The number of hydrogen-bond acceptors (Lipinski definition) is 7. The number of aryl methyl sites for hydroxylation is 1. The van der Waals surface area contributed by atoms with E-state index in [0.29, 0.717) is 22.8 Å². The first-order valence-corrected chi connectivity index (χ1v) is 14.3. The lowest BCUT2D eigenvalue weighted by Crippen LogP contribution is -2.35. The Labute approximate surface area is 225 Å². The van der Waals surface area contributed by atoms with E-state index in [1.54, 1.807) is 6.92 Å². The molecule has 39 heavy (non-hydrogen) atoms. The molecule has 1 aliphatic rings. The maximum atomic E-state index is 12.7. The number of rotatable bonds is 10. The summed E-state index contributed by atoms with van der Waals surface area (Å²) in [4.78, 5) is 18.9. The second-order valence-electron chi connectivity index (χ2n) is 9.43. The normalized spacial score (nSPS) is 14.9. The number of ether oxygens (including phenoxy) is 1. The third-order valence-corrected chi connectivity index (χ3v) is 7.74. The zero-order valence-corrected chi connectivity index (χ0v) is 22.3. The lowest BCUT2D eigenvalue weighted by Gasteiger charge is -2.26. The van der Waals surface area contributed by atoms with Gasteiger partial charge in [-0.2, -0.15) is 13.2 Å². The summed E-state index contributed by atoms with van der Waals surface area (Å²) in [6.07, 6.45) is -4.15. The van der Waals surface area contributed by atoms with Gasteiger partial charge in [0.2, 0.25) is 11.8 Å². The summed E-state index contributed by atoms with van der Waals surface area (Å²) >= 11 is 0. The third-order valence-electron chi connectivity index (χ3n) is 6.33. The van der Waals surface area contributed by atoms with Crippen molar-refractivity contribution in [3.05, 3.63) is 76.7 Å². The summed E-state index contributed by atoms with van der Waals surface area (Å²) in [7, 11) is -3.84. The SMILES string of the molecule is Cc1oc(-c2ccc(CN3CCOCC3)cc2)nc1CS(=O)(=O)CC(=O)NCCc1ccc(C(F)(F)F)cc1. The molecule has 0 saturated carbocycles. The van der Waals surface area contributed by atoms with Gasteiger partial charge in [0.15, 0.2) is 9.84 Å². The van der Waals surface area contributed by atoms with Crippen LogP contribution in [0.5, 0.6) is 0 Å². The molecule has 2 aromatic carbocycles. The van der Waals surface area contributed by atoms with Crippen LogP contribution in [-0.4, -0.2) is 62.8 Å². The van der Waals surface area contributed by atoms with E-state index in [1.165, 1.54) is 12.1 Å². The number of benzene rings is 2. The van der Waals surface area contributed by atoms with Crippen molar-refractivity contribution in [3.8, 4) is 11.5 Å². The van der Waals surface area contributed by atoms with Crippen molar-refractivity contribution in [2.45, 2.75) is 31.8 Å². The van der Waals surface area contributed by atoms with Crippen LogP contribution in [0.4, 0.5) is 13.2 Å². The number of hydrogen-bond donors (Lipinski definition) is 1. The molecule has 2 heterocycles. The van der Waals surface area contributed by atoms with E-state index < -0.39 is 39.0 Å². The largest absolute Gasteiger partial charge is 0.441 e. The van der Waals surface area contributed by atoms with Crippen molar-refractivity contribution in [1.82, 2.24) is 15.2 Å². The van der Waals surface area contributed by atoms with Gasteiger partial charge in [0.05, 0.1) is 30.2 Å². The second-order valence-corrected chi connectivity index (χ2v) is 11.5. The molecular weight excluding hydrogens is 535 g/mol. The number of carbonyl (C=O) groups is 1. The molecule has 0 unspecified atom stereocenters. The summed E-state index contributed by atoms with van der Waals surface area (Å²) in [6.45, 7) is 5.75. The van der Waals surface area contributed by atoms with Crippen LogP contribution in [0.1, 0.15) is 28.1 Å². The number of nitrogens with one attached hydrogen (secondary N) is 1. The highest BCUT2D eigenvalue weighted by Crippen LogP contribution is 2.29. The molecule has 1 saturated heterocycles. The van der Waals surface area contributed by atoms with Gasteiger partial charge < -0.3 is 14.5 Å². The number of carbonyl (C=O) groups excluding carboxylic acids is 1. The molecule has 0 aliphatic carbocycles. The van der Waals surface area contributed by atoms with Crippen molar-refractivity contribution in [2.75, 3.05) is 38.6 Å². The number of oxazole rings is 1. The Bertz CT molecular complexity index is 1370. The number of alkyl halides is 3. The molecule has 1 aromatic heterocycles. The van der Waals surface area contributed by atoms with E-state index in [9.17, 15) is 26.4 Å². The Morgan fingerprint density at radius 3 is 2.31 bits per heavy atom. The highest BCUT2D eigenvalue weighted by molar-refractivity contribution is 7.91. The van der Waals surface area contributed by atoms with Crippen molar-refractivity contribution >= 4 is 15.7 Å². The van der Waals surface area contributed by atoms with Crippen molar-refractivity contribution in [3.63, 3.8) is 0 Å². The third kappa shape index (κ3) is 8.38. The van der Waals surface area contributed by atoms with Crippen LogP contribution >= 0.6 is 0 Å².